The maximum absolute atomic E-state index is 5.95. The van der Waals surface area contributed by atoms with Crippen LogP contribution in [0.3, 0.4) is 0 Å². The molecule has 1 heterocycles. The van der Waals surface area contributed by atoms with Gasteiger partial charge in [0.25, 0.3) is 0 Å². The first-order chi connectivity index (χ1) is 12.5. The van der Waals surface area contributed by atoms with Crippen LogP contribution in [0.5, 0.6) is 0 Å². The third-order valence-corrected chi connectivity index (χ3v) is 4.91. The van der Waals surface area contributed by atoms with Crippen molar-refractivity contribution in [2.75, 3.05) is 6.61 Å². The van der Waals surface area contributed by atoms with Crippen molar-refractivity contribution >= 4 is 5.90 Å². The number of nitrogens with zero attached hydrogens (tertiary/aromatic N) is 1. The molecule has 1 rings (SSSR count). The van der Waals surface area contributed by atoms with Crippen molar-refractivity contribution in [1.29, 1.82) is 0 Å². The molecule has 1 aliphatic heterocycles. The summed E-state index contributed by atoms with van der Waals surface area (Å²) >= 11 is 0. The molecule has 2 unspecified atom stereocenters. The van der Waals surface area contributed by atoms with Gasteiger partial charge in [0.1, 0.15) is 6.10 Å². The van der Waals surface area contributed by atoms with Gasteiger partial charge in [-0.25, -0.2) is 0 Å². The van der Waals surface area contributed by atoms with Gasteiger partial charge in [-0.15, -0.1) is 0 Å². The van der Waals surface area contributed by atoms with E-state index in [0.717, 1.165) is 18.7 Å². The highest BCUT2D eigenvalue weighted by Crippen LogP contribution is 2.36. The molecule has 0 saturated carbocycles. The molecule has 0 aromatic carbocycles. The summed E-state index contributed by atoms with van der Waals surface area (Å²) in [5, 5.41) is 4.14. The van der Waals surface area contributed by atoms with Gasteiger partial charge in [-0.05, 0) is 24.7 Å². The molecule has 0 fully saturated rings. The molecule has 3 nitrogen and oxygen atoms in total. The van der Waals surface area contributed by atoms with E-state index in [1.165, 1.54) is 44.9 Å². The van der Waals surface area contributed by atoms with Crippen LogP contribution in [-0.4, -0.2) is 18.6 Å². The number of unbranched alkanes of at least 4 members (excludes halogenated alkanes) is 4. The molecular formula is C23H49NO2. The normalized spacial score (nSPS) is 17.4. The molecule has 0 aliphatic carbocycles. The molecule has 0 aromatic rings. The van der Waals surface area contributed by atoms with Crippen LogP contribution in [-0.2, 0) is 9.57 Å². The summed E-state index contributed by atoms with van der Waals surface area (Å²) in [7, 11) is 0. The highest BCUT2D eigenvalue weighted by Gasteiger charge is 2.35. The molecule has 2 atom stereocenters. The molecule has 0 radical (unpaired) electrons. The predicted octanol–water partition coefficient (Wildman–Crippen LogP) is 7.98. The molecule has 0 N–H and O–H groups in total. The summed E-state index contributed by atoms with van der Waals surface area (Å²) in [5.41, 5.74) is 0.224. The minimum Gasteiger partial charge on any atom is -0.471 e. The van der Waals surface area contributed by atoms with Gasteiger partial charge in [0.05, 0.1) is 0 Å². The number of ether oxygens (including phenoxy) is 1. The molecule has 0 spiro atoms. The second-order valence-corrected chi connectivity index (χ2v) is 7.63. The first-order valence-corrected chi connectivity index (χ1v) is 11.3. The fraction of sp³-hybridized carbons (Fsp3) is 0.957. The van der Waals surface area contributed by atoms with Crippen LogP contribution in [0, 0.1) is 11.3 Å². The molecule has 1 aliphatic rings. The molecule has 158 valence electrons. The molecule has 0 aromatic heterocycles. The molecule has 3 heteroatoms. The Morgan fingerprint density at radius 3 is 1.96 bits per heavy atom. The Bertz CT molecular complexity index is 322. The van der Waals surface area contributed by atoms with Crippen molar-refractivity contribution in [3.8, 4) is 0 Å². The Morgan fingerprint density at radius 2 is 1.54 bits per heavy atom. The van der Waals surface area contributed by atoms with Gasteiger partial charge >= 0.3 is 0 Å². The fourth-order valence-corrected chi connectivity index (χ4v) is 3.31. The van der Waals surface area contributed by atoms with Crippen molar-refractivity contribution < 1.29 is 9.57 Å². The monoisotopic (exact) mass is 371 g/mol. The second-order valence-electron chi connectivity index (χ2n) is 7.63. The number of oxime groups is 1. The lowest BCUT2D eigenvalue weighted by Gasteiger charge is -2.36. The van der Waals surface area contributed by atoms with Crippen molar-refractivity contribution in [2.45, 2.75) is 126 Å². The van der Waals surface area contributed by atoms with Crippen LogP contribution in [0.2, 0.25) is 0 Å². The van der Waals surface area contributed by atoms with Crippen molar-refractivity contribution in [3.63, 3.8) is 0 Å². The fourth-order valence-electron chi connectivity index (χ4n) is 3.31. The molecule has 0 amide bonds. The standard InChI is InChI=1S/C14H27NO2.C7H16.C2H6/c1-6-9-14(4,5)12(8-3)13-15-16-10-11(7-2)17-13;1-3-5-7-6-4-2;1-2/h11-12H,6-10H2,1-5H3;3-7H2,1-2H3;1-2H3. The lowest BCUT2D eigenvalue weighted by molar-refractivity contribution is -0.00554. The van der Waals surface area contributed by atoms with Crippen LogP contribution >= 0.6 is 0 Å². The largest absolute Gasteiger partial charge is 0.471 e. The van der Waals surface area contributed by atoms with Gasteiger partial charge in [0.15, 0.2) is 6.61 Å². The zero-order chi connectivity index (χ0) is 20.4. The third-order valence-electron chi connectivity index (χ3n) is 4.91. The molecular weight excluding hydrogens is 322 g/mol. The van der Waals surface area contributed by atoms with Crippen LogP contribution in [0.4, 0.5) is 0 Å². The van der Waals surface area contributed by atoms with Gasteiger partial charge < -0.3 is 9.57 Å². The minimum atomic E-state index is 0.175. The van der Waals surface area contributed by atoms with Crippen LogP contribution in [0.1, 0.15) is 120 Å². The zero-order valence-electron chi connectivity index (χ0n) is 19.5. The van der Waals surface area contributed by atoms with E-state index in [0.29, 0.717) is 12.5 Å². The average molecular weight is 372 g/mol. The molecule has 26 heavy (non-hydrogen) atoms. The summed E-state index contributed by atoms with van der Waals surface area (Å²) in [5.74, 6) is 1.17. The molecule has 0 saturated heterocycles. The van der Waals surface area contributed by atoms with E-state index < -0.39 is 0 Å². The zero-order valence-corrected chi connectivity index (χ0v) is 19.5. The maximum Gasteiger partial charge on any atom is 0.229 e. The Kier molecular flexibility index (Phi) is 18.7. The first-order valence-electron chi connectivity index (χ1n) is 11.3. The quantitative estimate of drug-likeness (QED) is 0.364. The maximum atomic E-state index is 5.95. The van der Waals surface area contributed by atoms with E-state index in [-0.39, 0.29) is 11.5 Å². The first kappa shape index (κ1) is 27.5. The summed E-state index contributed by atoms with van der Waals surface area (Å²) in [6.45, 7) is 20.2. The number of hydrogen-bond acceptors (Lipinski definition) is 3. The van der Waals surface area contributed by atoms with Crippen molar-refractivity contribution in [1.82, 2.24) is 0 Å². The van der Waals surface area contributed by atoms with Gasteiger partial charge in [0, 0.05) is 5.92 Å². The van der Waals surface area contributed by atoms with Crippen molar-refractivity contribution in [3.05, 3.63) is 0 Å². The van der Waals surface area contributed by atoms with E-state index in [4.69, 9.17) is 9.57 Å². The van der Waals surface area contributed by atoms with E-state index >= 15 is 0 Å². The summed E-state index contributed by atoms with van der Waals surface area (Å²) < 4.78 is 5.95. The summed E-state index contributed by atoms with van der Waals surface area (Å²) in [4.78, 5) is 5.30. The third kappa shape index (κ3) is 11.8. The van der Waals surface area contributed by atoms with Gasteiger partial charge in [0.2, 0.25) is 5.90 Å². The van der Waals surface area contributed by atoms with E-state index in [9.17, 15) is 0 Å². The topological polar surface area (TPSA) is 30.8 Å². The summed E-state index contributed by atoms with van der Waals surface area (Å²) in [6.07, 6.45) is 11.6. The predicted molar refractivity (Wildman–Crippen MR) is 117 cm³/mol. The number of hydrogen-bond donors (Lipinski definition) is 0. The molecule has 0 bridgehead atoms. The SMILES string of the molecule is CC.CCCC(C)(C)C(CC)C1=NOCC(CC)O1.CCCCCCC. The highest BCUT2D eigenvalue weighted by atomic mass is 16.7. The Hall–Kier alpha value is -0.730. The van der Waals surface area contributed by atoms with Crippen molar-refractivity contribution in [2.24, 2.45) is 16.5 Å². The lowest BCUT2D eigenvalue weighted by Crippen LogP contribution is -2.37. The van der Waals surface area contributed by atoms with Gasteiger partial charge in [-0.1, -0.05) is 106 Å². The van der Waals surface area contributed by atoms with Crippen LogP contribution in [0.25, 0.3) is 0 Å². The number of rotatable bonds is 10. The average Bonchev–Trinajstić information content (AvgIpc) is 2.65. The second kappa shape index (κ2) is 17.7. The van der Waals surface area contributed by atoms with Gasteiger partial charge in [-0.3, -0.25) is 0 Å². The summed E-state index contributed by atoms with van der Waals surface area (Å²) in [6, 6.07) is 0. The van der Waals surface area contributed by atoms with E-state index in [1.807, 2.05) is 13.8 Å². The minimum absolute atomic E-state index is 0.175. The Labute approximate surface area is 165 Å². The lowest BCUT2D eigenvalue weighted by atomic mass is 9.74. The highest BCUT2D eigenvalue weighted by molar-refractivity contribution is 5.79. The Morgan fingerprint density at radius 1 is 0.962 bits per heavy atom. The van der Waals surface area contributed by atoms with E-state index in [1.54, 1.807) is 0 Å². The van der Waals surface area contributed by atoms with E-state index in [2.05, 4.69) is 53.6 Å². The van der Waals surface area contributed by atoms with Gasteiger partial charge in [-0.2, -0.15) is 0 Å². The smallest absolute Gasteiger partial charge is 0.229 e. The van der Waals surface area contributed by atoms with Crippen LogP contribution in [0.15, 0.2) is 5.16 Å². The Balaban J connectivity index is 0. The van der Waals surface area contributed by atoms with Crippen LogP contribution < -0.4 is 0 Å².